The fraction of sp³-hybridized carbons (Fsp3) is 0.667. The normalized spacial score (nSPS) is 32.9. The molecule has 1 unspecified atom stereocenters. The van der Waals surface area contributed by atoms with Crippen LogP contribution in [0.2, 0.25) is 0 Å². The van der Waals surface area contributed by atoms with Crippen molar-refractivity contribution >= 4 is 17.4 Å². The molecule has 4 rings (SSSR count). The van der Waals surface area contributed by atoms with Crippen molar-refractivity contribution in [3.8, 4) is 0 Å². The summed E-state index contributed by atoms with van der Waals surface area (Å²) in [4.78, 5) is 28.7. The molecule has 8 heteroatoms. The van der Waals surface area contributed by atoms with Crippen LogP contribution in [0.15, 0.2) is 18.5 Å². The molecule has 29 heavy (non-hydrogen) atoms. The van der Waals surface area contributed by atoms with E-state index in [1.165, 1.54) is 25.4 Å². The predicted octanol–water partition coefficient (Wildman–Crippen LogP) is 5.10. The Morgan fingerprint density at radius 3 is 2.38 bits per heavy atom. The standard InChI is InChI=1S/C21H24F4N2O2/c1-12(28)16-10-26-7-4-17(16)27-18(29)15-9-19(11-21(19,24)25)8-14(15)13-2-5-20(22,23)6-3-13/h4,7,10,13-15H,2-3,5-6,8-9,11H2,1H3,(H,26,27,29)/t14-,15+,19?/m0/s1. The molecular formula is C21H24F4N2O2. The number of amides is 1. The van der Waals surface area contributed by atoms with Crippen LogP contribution in [0.1, 0.15) is 62.2 Å². The number of aromatic nitrogens is 1. The second-order valence-corrected chi connectivity index (χ2v) is 9.00. The number of pyridine rings is 1. The lowest BCUT2D eigenvalue weighted by atomic mass is 9.74. The molecule has 1 heterocycles. The van der Waals surface area contributed by atoms with Gasteiger partial charge in [0.2, 0.25) is 11.8 Å². The van der Waals surface area contributed by atoms with Gasteiger partial charge in [0.1, 0.15) is 0 Å². The average Bonchev–Trinajstić information content (AvgIpc) is 2.97. The zero-order valence-electron chi connectivity index (χ0n) is 16.2. The molecule has 0 bridgehead atoms. The van der Waals surface area contributed by atoms with E-state index in [0.29, 0.717) is 5.69 Å². The van der Waals surface area contributed by atoms with Gasteiger partial charge in [0, 0.05) is 43.0 Å². The number of carbonyl (C=O) groups is 2. The van der Waals surface area contributed by atoms with Gasteiger partial charge in [-0.15, -0.1) is 0 Å². The predicted molar refractivity (Wildman–Crippen MR) is 98.0 cm³/mol. The second kappa shape index (κ2) is 6.77. The van der Waals surface area contributed by atoms with Crippen LogP contribution in [-0.2, 0) is 4.79 Å². The summed E-state index contributed by atoms with van der Waals surface area (Å²) < 4.78 is 55.3. The third-order valence-corrected chi connectivity index (χ3v) is 7.13. The van der Waals surface area contributed by atoms with E-state index >= 15 is 0 Å². The van der Waals surface area contributed by atoms with Crippen molar-refractivity contribution in [2.45, 2.75) is 63.7 Å². The van der Waals surface area contributed by atoms with Crippen LogP contribution >= 0.6 is 0 Å². The molecule has 1 aromatic heterocycles. The highest BCUT2D eigenvalue weighted by atomic mass is 19.3. The summed E-state index contributed by atoms with van der Waals surface area (Å²) >= 11 is 0. The minimum Gasteiger partial charge on any atom is -0.325 e. The van der Waals surface area contributed by atoms with Gasteiger partial charge in [-0.25, -0.2) is 17.6 Å². The van der Waals surface area contributed by atoms with Gasteiger partial charge >= 0.3 is 0 Å². The lowest BCUT2D eigenvalue weighted by molar-refractivity contribution is -0.122. The average molecular weight is 412 g/mol. The van der Waals surface area contributed by atoms with E-state index in [1.807, 2.05) is 0 Å². The number of alkyl halides is 4. The number of nitrogens with one attached hydrogen (secondary N) is 1. The molecule has 4 nitrogen and oxygen atoms in total. The summed E-state index contributed by atoms with van der Waals surface area (Å²) in [6, 6.07) is 1.50. The number of anilines is 1. The Bertz CT molecular complexity index is 834. The molecular weight excluding hydrogens is 388 g/mol. The molecule has 0 aliphatic heterocycles. The van der Waals surface area contributed by atoms with E-state index in [9.17, 15) is 27.2 Å². The minimum absolute atomic E-state index is 0.0594. The van der Waals surface area contributed by atoms with Crippen molar-refractivity contribution < 1.29 is 27.2 Å². The lowest BCUT2D eigenvalue weighted by Gasteiger charge is -2.34. The summed E-state index contributed by atoms with van der Waals surface area (Å²) in [5.41, 5.74) is -0.629. The molecule has 158 valence electrons. The van der Waals surface area contributed by atoms with E-state index in [2.05, 4.69) is 10.3 Å². The molecule has 1 aromatic rings. The van der Waals surface area contributed by atoms with Crippen LogP contribution < -0.4 is 5.32 Å². The summed E-state index contributed by atoms with van der Waals surface area (Å²) in [6.07, 6.45) is 2.78. The van der Waals surface area contributed by atoms with E-state index in [1.54, 1.807) is 0 Å². The van der Waals surface area contributed by atoms with Gasteiger partial charge in [0.15, 0.2) is 5.78 Å². The van der Waals surface area contributed by atoms with Crippen LogP contribution in [0, 0.1) is 23.2 Å². The summed E-state index contributed by atoms with van der Waals surface area (Å²) in [5.74, 6) is -7.36. The van der Waals surface area contributed by atoms with E-state index in [4.69, 9.17) is 0 Å². The maximum Gasteiger partial charge on any atom is 0.254 e. The Hall–Kier alpha value is -1.99. The van der Waals surface area contributed by atoms with Crippen molar-refractivity contribution in [3.63, 3.8) is 0 Å². The molecule has 0 saturated heterocycles. The number of halogens is 4. The molecule has 3 saturated carbocycles. The van der Waals surface area contributed by atoms with Gasteiger partial charge in [-0.3, -0.25) is 14.6 Å². The van der Waals surface area contributed by atoms with Gasteiger partial charge in [-0.2, -0.15) is 0 Å². The van der Waals surface area contributed by atoms with Gasteiger partial charge in [0.25, 0.3) is 5.92 Å². The first-order valence-electron chi connectivity index (χ1n) is 10.1. The number of rotatable bonds is 4. The highest BCUT2D eigenvalue weighted by molar-refractivity contribution is 6.04. The molecule has 1 spiro atoms. The van der Waals surface area contributed by atoms with Crippen LogP contribution in [0.4, 0.5) is 23.2 Å². The van der Waals surface area contributed by atoms with Gasteiger partial charge in [-0.05, 0) is 50.5 Å². The third kappa shape index (κ3) is 3.66. The van der Waals surface area contributed by atoms with Crippen molar-refractivity contribution in [2.75, 3.05) is 5.32 Å². The number of carbonyl (C=O) groups excluding carboxylic acids is 2. The van der Waals surface area contributed by atoms with E-state index in [0.717, 1.165) is 0 Å². The SMILES string of the molecule is CC(=O)c1cnccc1NC(=O)[C@@H]1CC2(C[C@H]1C1CCC(F)(F)CC1)CC2(F)F. The summed E-state index contributed by atoms with van der Waals surface area (Å²) in [6.45, 7) is 1.35. The van der Waals surface area contributed by atoms with E-state index in [-0.39, 0.29) is 68.1 Å². The van der Waals surface area contributed by atoms with Crippen LogP contribution in [-0.4, -0.2) is 28.5 Å². The minimum atomic E-state index is -2.79. The number of hydrogen-bond donors (Lipinski definition) is 1. The lowest BCUT2D eigenvalue weighted by Crippen LogP contribution is -2.34. The van der Waals surface area contributed by atoms with Crippen molar-refractivity contribution in [1.82, 2.24) is 4.98 Å². The Morgan fingerprint density at radius 1 is 1.14 bits per heavy atom. The zero-order chi connectivity index (χ0) is 21.0. The van der Waals surface area contributed by atoms with Crippen molar-refractivity contribution in [2.24, 2.45) is 23.2 Å². The third-order valence-electron chi connectivity index (χ3n) is 7.13. The topological polar surface area (TPSA) is 59.1 Å². The Labute approximate surface area is 166 Å². The molecule has 3 fully saturated rings. The fourth-order valence-electron chi connectivity index (χ4n) is 5.36. The van der Waals surface area contributed by atoms with E-state index < -0.39 is 29.1 Å². The van der Waals surface area contributed by atoms with Crippen molar-refractivity contribution in [3.05, 3.63) is 24.0 Å². The molecule has 0 aromatic carbocycles. The summed E-state index contributed by atoms with van der Waals surface area (Å²) in [7, 11) is 0. The Balaban J connectivity index is 1.55. The number of Topliss-reactive ketones (excluding diaryl/α,β-unsaturated/α-hetero) is 1. The maximum atomic E-state index is 14.1. The molecule has 1 N–H and O–H groups in total. The first kappa shape index (κ1) is 20.3. The van der Waals surface area contributed by atoms with Gasteiger partial charge in [0.05, 0.1) is 11.3 Å². The first-order chi connectivity index (χ1) is 13.5. The molecule has 3 aliphatic rings. The Morgan fingerprint density at radius 2 is 1.79 bits per heavy atom. The monoisotopic (exact) mass is 412 g/mol. The Kier molecular flexibility index (Phi) is 4.74. The highest BCUT2D eigenvalue weighted by Gasteiger charge is 2.75. The quantitative estimate of drug-likeness (QED) is 0.553. The van der Waals surface area contributed by atoms with Crippen molar-refractivity contribution in [1.29, 1.82) is 0 Å². The molecule has 0 radical (unpaired) electrons. The second-order valence-electron chi connectivity index (χ2n) is 9.00. The van der Waals surface area contributed by atoms with Crippen LogP contribution in [0.5, 0.6) is 0 Å². The van der Waals surface area contributed by atoms with Crippen LogP contribution in [0.3, 0.4) is 0 Å². The summed E-state index contributed by atoms with van der Waals surface area (Å²) in [5, 5.41) is 2.72. The maximum absolute atomic E-state index is 14.1. The van der Waals surface area contributed by atoms with Gasteiger partial charge in [-0.1, -0.05) is 0 Å². The first-order valence-corrected chi connectivity index (χ1v) is 10.1. The number of nitrogens with zero attached hydrogens (tertiary/aromatic N) is 1. The number of hydrogen-bond acceptors (Lipinski definition) is 3. The zero-order valence-corrected chi connectivity index (χ0v) is 16.2. The smallest absolute Gasteiger partial charge is 0.254 e. The molecule has 1 amide bonds. The molecule has 3 aliphatic carbocycles. The largest absolute Gasteiger partial charge is 0.325 e. The highest BCUT2D eigenvalue weighted by Crippen LogP contribution is 2.72. The van der Waals surface area contributed by atoms with Crippen LogP contribution in [0.25, 0.3) is 0 Å². The van der Waals surface area contributed by atoms with Gasteiger partial charge < -0.3 is 5.32 Å². The number of ketones is 1. The fourth-order valence-corrected chi connectivity index (χ4v) is 5.36. The molecule has 3 atom stereocenters.